The van der Waals surface area contributed by atoms with E-state index in [0.29, 0.717) is 30.2 Å². The van der Waals surface area contributed by atoms with Crippen LogP contribution in [0.4, 0.5) is 17.3 Å². The Morgan fingerprint density at radius 3 is 2.79 bits per heavy atom. The van der Waals surface area contributed by atoms with Gasteiger partial charge in [-0.15, -0.1) is 0 Å². The first-order valence-corrected chi connectivity index (χ1v) is 11.6. The number of amides is 1. The molecular formula is C24H31N7O2. The molecule has 1 saturated heterocycles. The number of carbonyl (C=O) groups excluding carboxylic acids is 1. The van der Waals surface area contributed by atoms with Crippen LogP contribution in [0.25, 0.3) is 0 Å². The predicted molar refractivity (Wildman–Crippen MR) is 127 cm³/mol. The number of rotatable bonds is 8. The quantitative estimate of drug-likeness (QED) is 0.630. The number of fused-ring (bicyclic) bond motifs is 1. The number of carbonyl (C=O) groups is 1. The minimum Gasteiger partial charge on any atom is -0.395 e. The molecule has 3 heterocycles. The summed E-state index contributed by atoms with van der Waals surface area (Å²) in [7, 11) is 0. The molecule has 4 rings (SSSR count). The van der Waals surface area contributed by atoms with Crippen molar-refractivity contribution >= 4 is 23.2 Å². The Bertz CT molecular complexity index is 1010. The highest BCUT2D eigenvalue weighted by atomic mass is 16.3. The third-order valence-electron chi connectivity index (χ3n) is 6.28. The number of nitriles is 1. The lowest BCUT2D eigenvalue weighted by Gasteiger charge is -2.40. The molecule has 0 aliphatic carbocycles. The number of β-amino-alcohol motifs (C(OH)–C–C–N with tert-alkyl or cyclic N) is 1. The fourth-order valence-corrected chi connectivity index (χ4v) is 4.49. The van der Waals surface area contributed by atoms with Gasteiger partial charge in [-0.1, -0.05) is 31.9 Å². The third kappa shape index (κ3) is 5.07. The molecule has 0 saturated carbocycles. The first-order chi connectivity index (χ1) is 16.1. The van der Waals surface area contributed by atoms with Gasteiger partial charge in [0.15, 0.2) is 11.6 Å². The SMILES string of the molecule is CCCC[C@@H]1Nc2ncnc(N3CCN(CCO)CC3)c2N(Cc2cccc(C#N)c2)C1=O. The van der Waals surface area contributed by atoms with Gasteiger partial charge in [0, 0.05) is 32.7 Å². The van der Waals surface area contributed by atoms with E-state index >= 15 is 0 Å². The summed E-state index contributed by atoms with van der Waals surface area (Å²) in [6, 6.07) is 9.22. The molecule has 0 bridgehead atoms. The van der Waals surface area contributed by atoms with Crippen LogP contribution in [-0.4, -0.2) is 71.3 Å². The summed E-state index contributed by atoms with van der Waals surface area (Å²) in [6.07, 6.45) is 4.25. The Hall–Kier alpha value is -3.22. The van der Waals surface area contributed by atoms with Crippen molar-refractivity contribution in [2.45, 2.75) is 38.8 Å². The Kier molecular flexibility index (Phi) is 7.37. The van der Waals surface area contributed by atoms with Crippen molar-refractivity contribution in [1.82, 2.24) is 14.9 Å². The normalized spacial score (nSPS) is 18.6. The topological polar surface area (TPSA) is 109 Å². The van der Waals surface area contributed by atoms with Crippen molar-refractivity contribution in [3.63, 3.8) is 0 Å². The smallest absolute Gasteiger partial charge is 0.250 e. The zero-order chi connectivity index (χ0) is 23.2. The van der Waals surface area contributed by atoms with Crippen LogP contribution in [0.2, 0.25) is 0 Å². The third-order valence-corrected chi connectivity index (χ3v) is 6.28. The molecule has 0 unspecified atom stereocenters. The van der Waals surface area contributed by atoms with Crippen molar-refractivity contribution in [2.75, 3.05) is 54.4 Å². The maximum Gasteiger partial charge on any atom is 0.250 e. The van der Waals surface area contributed by atoms with Crippen LogP contribution < -0.4 is 15.1 Å². The Balaban J connectivity index is 1.68. The molecule has 9 heteroatoms. The monoisotopic (exact) mass is 449 g/mol. The zero-order valence-corrected chi connectivity index (χ0v) is 19.1. The molecule has 2 aliphatic rings. The van der Waals surface area contributed by atoms with E-state index in [0.717, 1.165) is 56.8 Å². The minimum absolute atomic E-state index is 0.00766. The van der Waals surface area contributed by atoms with Crippen molar-refractivity contribution in [3.8, 4) is 6.07 Å². The molecule has 1 aromatic heterocycles. The highest BCUT2D eigenvalue weighted by Crippen LogP contribution is 2.39. The molecule has 2 N–H and O–H groups in total. The molecule has 1 amide bonds. The number of aliphatic hydroxyl groups excluding tert-OH is 1. The van der Waals surface area contributed by atoms with Crippen molar-refractivity contribution in [3.05, 3.63) is 41.7 Å². The number of anilines is 3. The number of aliphatic hydroxyl groups is 1. The first-order valence-electron chi connectivity index (χ1n) is 11.6. The summed E-state index contributed by atoms with van der Waals surface area (Å²) in [6.45, 7) is 6.45. The van der Waals surface area contributed by atoms with E-state index in [2.05, 4.69) is 38.1 Å². The van der Waals surface area contributed by atoms with Gasteiger partial charge in [0.1, 0.15) is 18.1 Å². The lowest BCUT2D eigenvalue weighted by molar-refractivity contribution is -0.119. The Labute approximate surface area is 194 Å². The van der Waals surface area contributed by atoms with E-state index in [1.165, 1.54) is 0 Å². The second-order valence-corrected chi connectivity index (χ2v) is 8.52. The largest absolute Gasteiger partial charge is 0.395 e. The lowest BCUT2D eigenvalue weighted by Crippen LogP contribution is -2.50. The van der Waals surface area contributed by atoms with E-state index in [9.17, 15) is 15.2 Å². The van der Waals surface area contributed by atoms with E-state index in [4.69, 9.17) is 0 Å². The number of benzene rings is 1. The van der Waals surface area contributed by atoms with Crippen LogP contribution in [0.1, 0.15) is 37.3 Å². The van der Waals surface area contributed by atoms with Crippen LogP contribution in [0, 0.1) is 11.3 Å². The average molecular weight is 450 g/mol. The number of piperazine rings is 1. The van der Waals surface area contributed by atoms with Gasteiger partial charge in [-0.3, -0.25) is 14.6 Å². The fourth-order valence-electron chi connectivity index (χ4n) is 4.49. The van der Waals surface area contributed by atoms with Crippen LogP contribution in [-0.2, 0) is 11.3 Å². The second kappa shape index (κ2) is 10.6. The standard InChI is InChI=1S/C24H31N7O2/c1-2-3-7-20-24(33)31(16-19-6-4-5-18(14-19)15-25)21-22(28-20)26-17-27-23(21)30-10-8-29(9-11-30)12-13-32/h4-6,14,17,20,32H,2-3,7-13,16H2,1H3,(H,26,27,28)/t20-/m0/s1. The highest BCUT2D eigenvalue weighted by Gasteiger charge is 2.37. The minimum atomic E-state index is -0.333. The van der Waals surface area contributed by atoms with E-state index in [1.807, 2.05) is 18.2 Å². The molecule has 0 spiro atoms. The van der Waals surface area contributed by atoms with Gasteiger partial charge in [-0.2, -0.15) is 5.26 Å². The second-order valence-electron chi connectivity index (χ2n) is 8.52. The number of nitrogens with one attached hydrogen (secondary N) is 1. The molecule has 1 fully saturated rings. The maximum absolute atomic E-state index is 13.6. The van der Waals surface area contributed by atoms with Crippen LogP contribution >= 0.6 is 0 Å². The van der Waals surface area contributed by atoms with Gasteiger partial charge in [-0.25, -0.2) is 9.97 Å². The Morgan fingerprint density at radius 1 is 1.24 bits per heavy atom. The van der Waals surface area contributed by atoms with Gasteiger partial charge >= 0.3 is 0 Å². The summed E-state index contributed by atoms with van der Waals surface area (Å²) < 4.78 is 0. The van der Waals surface area contributed by atoms with Gasteiger partial charge in [0.2, 0.25) is 5.91 Å². The van der Waals surface area contributed by atoms with E-state index in [-0.39, 0.29) is 18.6 Å². The van der Waals surface area contributed by atoms with Gasteiger partial charge in [0.05, 0.1) is 24.8 Å². The number of unbranched alkanes of at least 4 members (excludes halogenated alkanes) is 1. The molecule has 1 atom stereocenters. The summed E-state index contributed by atoms with van der Waals surface area (Å²) in [5, 5.41) is 21.9. The molecular weight excluding hydrogens is 418 g/mol. The van der Waals surface area contributed by atoms with Gasteiger partial charge in [0.25, 0.3) is 0 Å². The summed E-state index contributed by atoms with van der Waals surface area (Å²) in [5.74, 6) is 1.43. The summed E-state index contributed by atoms with van der Waals surface area (Å²) in [4.78, 5) is 28.9. The molecule has 0 radical (unpaired) electrons. The molecule has 2 aromatic rings. The Morgan fingerprint density at radius 2 is 2.06 bits per heavy atom. The molecule has 1 aromatic carbocycles. The summed E-state index contributed by atoms with van der Waals surface area (Å²) in [5.41, 5.74) is 2.17. The zero-order valence-electron chi connectivity index (χ0n) is 19.1. The number of aromatic nitrogens is 2. The lowest BCUT2D eigenvalue weighted by atomic mass is 10.0. The number of nitrogens with zero attached hydrogens (tertiary/aromatic N) is 6. The molecule has 9 nitrogen and oxygen atoms in total. The van der Waals surface area contributed by atoms with Crippen LogP contribution in [0.15, 0.2) is 30.6 Å². The van der Waals surface area contributed by atoms with E-state index in [1.54, 1.807) is 17.3 Å². The van der Waals surface area contributed by atoms with E-state index < -0.39 is 0 Å². The first kappa shape index (κ1) is 23.0. The van der Waals surface area contributed by atoms with Gasteiger partial charge < -0.3 is 15.3 Å². The van der Waals surface area contributed by atoms with Crippen LogP contribution in [0.5, 0.6) is 0 Å². The predicted octanol–water partition coefficient (Wildman–Crippen LogP) is 1.98. The molecule has 33 heavy (non-hydrogen) atoms. The number of hydrogen-bond donors (Lipinski definition) is 2. The van der Waals surface area contributed by atoms with Crippen LogP contribution in [0.3, 0.4) is 0 Å². The van der Waals surface area contributed by atoms with Crippen molar-refractivity contribution in [1.29, 1.82) is 5.26 Å². The molecule has 2 aliphatic heterocycles. The fraction of sp³-hybridized carbons (Fsp3) is 0.500. The number of hydrogen-bond acceptors (Lipinski definition) is 8. The highest BCUT2D eigenvalue weighted by molar-refractivity contribution is 6.06. The van der Waals surface area contributed by atoms with Gasteiger partial charge in [-0.05, 0) is 24.1 Å². The van der Waals surface area contributed by atoms with Crippen molar-refractivity contribution in [2.24, 2.45) is 0 Å². The maximum atomic E-state index is 13.6. The van der Waals surface area contributed by atoms with Crippen molar-refractivity contribution < 1.29 is 9.90 Å². The molecule has 174 valence electrons. The summed E-state index contributed by atoms with van der Waals surface area (Å²) >= 11 is 0. The average Bonchev–Trinajstić information content (AvgIpc) is 2.85.